The summed E-state index contributed by atoms with van der Waals surface area (Å²) in [6.45, 7) is 2.54. The highest BCUT2D eigenvalue weighted by atomic mass is 35.5. The van der Waals surface area contributed by atoms with Gasteiger partial charge in [-0.1, -0.05) is 17.7 Å². The molecule has 2 N–H and O–H groups in total. The third-order valence-corrected chi connectivity index (χ3v) is 3.98. The van der Waals surface area contributed by atoms with Gasteiger partial charge < -0.3 is 10.6 Å². The van der Waals surface area contributed by atoms with Crippen LogP contribution in [-0.2, 0) is 0 Å². The van der Waals surface area contributed by atoms with Crippen LogP contribution < -0.4 is 5.73 Å². The van der Waals surface area contributed by atoms with Crippen molar-refractivity contribution >= 4 is 17.5 Å². The summed E-state index contributed by atoms with van der Waals surface area (Å²) in [5.74, 6) is -0.798. The quantitative estimate of drug-likeness (QED) is 0.908. The van der Waals surface area contributed by atoms with Crippen molar-refractivity contribution in [2.45, 2.75) is 38.3 Å². The van der Waals surface area contributed by atoms with E-state index in [0.29, 0.717) is 6.54 Å². The van der Waals surface area contributed by atoms with Gasteiger partial charge in [0.25, 0.3) is 5.91 Å². The van der Waals surface area contributed by atoms with Gasteiger partial charge in [-0.3, -0.25) is 4.79 Å². The summed E-state index contributed by atoms with van der Waals surface area (Å²) in [7, 11) is 0. The normalized spacial score (nSPS) is 21.3. The van der Waals surface area contributed by atoms with E-state index in [-0.39, 0.29) is 28.6 Å². The number of nitrogens with zero attached hydrogens (tertiary/aromatic N) is 1. The van der Waals surface area contributed by atoms with Crippen LogP contribution in [0.25, 0.3) is 0 Å². The lowest BCUT2D eigenvalue weighted by atomic mass is 9.96. The third kappa shape index (κ3) is 2.90. The van der Waals surface area contributed by atoms with E-state index in [1.807, 2.05) is 6.92 Å². The topological polar surface area (TPSA) is 46.3 Å². The van der Waals surface area contributed by atoms with Crippen LogP contribution in [0.5, 0.6) is 0 Å². The van der Waals surface area contributed by atoms with Crippen molar-refractivity contribution in [3.63, 3.8) is 0 Å². The minimum atomic E-state index is -0.568. The van der Waals surface area contributed by atoms with E-state index >= 15 is 0 Å². The smallest absolute Gasteiger partial charge is 0.255 e. The fourth-order valence-corrected chi connectivity index (χ4v) is 2.79. The standard InChI is InChI=1S/C14H18ClFN2O/c1-9(17)12-7-2-3-8-18(12)14(19)10-5-4-6-11(16)13(10)15/h4-6,9,12H,2-3,7-8,17H2,1H3/t9-,12-/m1/s1. The van der Waals surface area contributed by atoms with Gasteiger partial charge in [0.2, 0.25) is 0 Å². The van der Waals surface area contributed by atoms with Gasteiger partial charge in [0, 0.05) is 18.6 Å². The Hall–Kier alpha value is -1.13. The second-order valence-corrected chi connectivity index (χ2v) is 5.40. The molecule has 1 fully saturated rings. The molecule has 1 aromatic rings. The van der Waals surface area contributed by atoms with Crippen LogP contribution in [0, 0.1) is 5.82 Å². The number of nitrogens with two attached hydrogens (primary N) is 1. The predicted octanol–water partition coefficient (Wildman–Crippen LogP) is 2.82. The highest BCUT2D eigenvalue weighted by molar-refractivity contribution is 6.34. The van der Waals surface area contributed by atoms with Crippen LogP contribution in [0.1, 0.15) is 36.5 Å². The Morgan fingerprint density at radius 3 is 2.95 bits per heavy atom. The van der Waals surface area contributed by atoms with Crippen LogP contribution in [0.2, 0.25) is 5.02 Å². The molecule has 0 saturated carbocycles. The Balaban J connectivity index is 2.29. The van der Waals surface area contributed by atoms with Gasteiger partial charge in [-0.2, -0.15) is 0 Å². The summed E-state index contributed by atoms with van der Waals surface area (Å²) in [6, 6.07) is 4.20. The maximum absolute atomic E-state index is 13.4. The number of halogens is 2. The van der Waals surface area contributed by atoms with Crippen LogP contribution in [-0.4, -0.2) is 29.4 Å². The number of benzene rings is 1. The molecule has 2 atom stereocenters. The number of amides is 1. The minimum Gasteiger partial charge on any atom is -0.334 e. The van der Waals surface area contributed by atoms with Crippen molar-refractivity contribution in [2.24, 2.45) is 5.73 Å². The molecular weight excluding hydrogens is 267 g/mol. The molecule has 0 aromatic heterocycles. The largest absolute Gasteiger partial charge is 0.334 e. The number of carbonyl (C=O) groups is 1. The number of hydrogen-bond acceptors (Lipinski definition) is 2. The highest BCUT2D eigenvalue weighted by Gasteiger charge is 2.31. The van der Waals surface area contributed by atoms with Gasteiger partial charge in [0.15, 0.2) is 0 Å². The van der Waals surface area contributed by atoms with Crippen LogP contribution in [0.3, 0.4) is 0 Å². The van der Waals surface area contributed by atoms with E-state index in [2.05, 4.69) is 0 Å². The van der Waals surface area contributed by atoms with E-state index in [0.717, 1.165) is 19.3 Å². The number of hydrogen-bond donors (Lipinski definition) is 1. The van der Waals surface area contributed by atoms with Crippen molar-refractivity contribution in [3.8, 4) is 0 Å². The molecule has 0 radical (unpaired) electrons. The number of carbonyl (C=O) groups excluding carboxylic acids is 1. The molecule has 5 heteroatoms. The summed E-state index contributed by atoms with van der Waals surface area (Å²) in [5, 5.41) is -0.110. The van der Waals surface area contributed by atoms with Gasteiger partial charge in [-0.15, -0.1) is 0 Å². The molecule has 1 aliphatic heterocycles. The van der Waals surface area contributed by atoms with Crippen molar-refractivity contribution in [1.82, 2.24) is 4.90 Å². The molecule has 0 unspecified atom stereocenters. The van der Waals surface area contributed by atoms with Crippen LogP contribution in [0.4, 0.5) is 4.39 Å². The van der Waals surface area contributed by atoms with E-state index < -0.39 is 5.82 Å². The van der Waals surface area contributed by atoms with Gasteiger partial charge in [0.1, 0.15) is 5.82 Å². The maximum atomic E-state index is 13.4. The van der Waals surface area contributed by atoms with Crippen molar-refractivity contribution in [2.75, 3.05) is 6.54 Å². The zero-order valence-corrected chi connectivity index (χ0v) is 11.7. The highest BCUT2D eigenvalue weighted by Crippen LogP contribution is 2.26. The number of piperidine rings is 1. The zero-order chi connectivity index (χ0) is 14.0. The fraction of sp³-hybridized carbons (Fsp3) is 0.500. The Labute approximate surface area is 117 Å². The Bertz CT molecular complexity index is 479. The second-order valence-electron chi connectivity index (χ2n) is 5.02. The molecular formula is C14H18ClFN2O. The predicted molar refractivity (Wildman–Crippen MR) is 73.7 cm³/mol. The van der Waals surface area contributed by atoms with Crippen LogP contribution in [0.15, 0.2) is 18.2 Å². The Kier molecular flexibility index (Phi) is 4.42. The molecule has 1 saturated heterocycles. The fourth-order valence-electron chi connectivity index (χ4n) is 2.58. The van der Waals surface area contributed by atoms with E-state index in [1.165, 1.54) is 12.1 Å². The lowest BCUT2D eigenvalue weighted by Gasteiger charge is -2.38. The average Bonchev–Trinajstić information content (AvgIpc) is 2.41. The molecule has 3 nitrogen and oxygen atoms in total. The van der Waals surface area contributed by atoms with E-state index in [1.54, 1.807) is 11.0 Å². The molecule has 0 spiro atoms. The number of likely N-dealkylation sites (tertiary alicyclic amines) is 1. The van der Waals surface area contributed by atoms with E-state index in [9.17, 15) is 9.18 Å². The molecule has 1 amide bonds. The Morgan fingerprint density at radius 1 is 1.53 bits per heavy atom. The van der Waals surface area contributed by atoms with Crippen molar-refractivity contribution in [1.29, 1.82) is 0 Å². The lowest BCUT2D eigenvalue weighted by Crippen LogP contribution is -2.51. The first kappa shape index (κ1) is 14.3. The Morgan fingerprint density at radius 2 is 2.26 bits per heavy atom. The third-order valence-electron chi connectivity index (χ3n) is 3.60. The summed E-state index contributed by atoms with van der Waals surface area (Å²) >= 11 is 5.88. The van der Waals surface area contributed by atoms with Crippen molar-refractivity contribution < 1.29 is 9.18 Å². The first-order valence-corrected chi connectivity index (χ1v) is 6.90. The SMILES string of the molecule is C[C@@H](N)[C@H]1CCCCN1C(=O)c1cccc(F)c1Cl. The molecule has 2 rings (SSSR count). The molecule has 1 aliphatic rings. The van der Waals surface area contributed by atoms with Gasteiger partial charge >= 0.3 is 0 Å². The summed E-state index contributed by atoms with van der Waals surface area (Å²) in [4.78, 5) is 14.2. The molecule has 1 aromatic carbocycles. The molecule has 0 bridgehead atoms. The average molecular weight is 285 g/mol. The lowest BCUT2D eigenvalue weighted by molar-refractivity contribution is 0.0583. The number of rotatable bonds is 2. The molecule has 1 heterocycles. The van der Waals surface area contributed by atoms with Gasteiger partial charge in [0.05, 0.1) is 10.6 Å². The monoisotopic (exact) mass is 284 g/mol. The van der Waals surface area contributed by atoms with E-state index in [4.69, 9.17) is 17.3 Å². The summed E-state index contributed by atoms with van der Waals surface area (Å²) < 4.78 is 13.4. The molecule has 19 heavy (non-hydrogen) atoms. The minimum absolute atomic E-state index is 0.000541. The maximum Gasteiger partial charge on any atom is 0.255 e. The van der Waals surface area contributed by atoms with Crippen LogP contribution >= 0.6 is 11.6 Å². The molecule has 0 aliphatic carbocycles. The summed E-state index contributed by atoms with van der Waals surface area (Å²) in [5.41, 5.74) is 6.16. The second kappa shape index (κ2) is 5.88. The first-order chi connectivity index (χ1) is 9.02. The zero-order valence-electron chi connectivity index (χ0n) is 10.9. The molecule has 104 valence electrons. The summed E-state index contributed by atoms with van der Waals surface area (Å²) in [6.07, 6.45) is 2.89. The van der Waals surface area contributed by atoms with Crippen molar-refractivity contribution in [3.05, 3.63) is 34.6 Å². The first-order valence-electron chi connectivity index (χ1n) is 6.53. The van der Waals surface area contributed by atoms with Gasteiger partial charge in [-0.05, 0) is 38.3 Å². The van der Waals surface area contributed by atoms with Gasteiger partial charge in [-0.25, -0.2) is 4.39 Å².